The van der Waals surface area contributed by atoms with E-state index in [1.165, 1.54) is 18.5 Å². The van der Waals surface area contributed by atoms with Gasteiger partial charge in [0.05, 0.1) is 16.8 Å². The van der Waals surface area contributed by atoms with Gasteiger partial charge in [0.25, 0.3) is 11.8 Å². The van der Waals surface area contributed by atoms with Gasteiger partial charge in [0.1, 0.15) is 5.82 Å². The van der Waals surface area contributed by atoms with Crippen molar-refractivity contribution in [2.75, 3.05) is 31.1 Å². The van der Waals surface area contributed by atoms with Crippen molar-refractivity contribution in [3.63, 3.8) is 0 Å². The van der Waals surface area contributed by atoms with E-state index in [4.69, 9.17) is 0 Å². The lowest BCUT2D eigenvalue weighted by Gasteiger charge is -2.36. The average molecular weight is 384 g/mol. The Bertz CT molecular complexity index is 850. The molecule has 3 rings (SSSR count). The van der Waals surface area contributed by atoms with Crippen LogP contribution in [0.25, 0.3) is 0 Å². The van der Waals surface area contributed by atoms with Crippen LogP contribution in [0, 0.1) is 5.82 Å². The molecule has 1 aliphatic rings. The van der Waals surface area contributed by atoms with Gasteiger partial charge in [-0.2, -0.15) is 0 Å². The third-order valence-electron chi connectivity index (χ3n) is 5.00. The summed E-state index contributed by atoms with van der Waals surface area (Å²) in [6.45, 7) is 5.98. The molecule has 1 fully saturated rings. The third kappa shape index (κ3) is 4.47. The summed E-state index contributed by atoms with van der Waals surface area (Å²) < 4.78 is 14.0. The minimum Gasteiger partial charge on any atom is -0.366 e. The molecule has 2 amide bonds. The topological polar surface area (TPSA) is 65.5 Å². The van der Waals surface area contributed by atoms with E-state index in [1.54, 1.807) is 29.2 Å². The quantitative estimate of drug-likeness (QED) is 0.861. The Morgan fingerprint density at radius 1 is 1.14 bits per heavy atom. The highest BCUT2D eigenvalue weighted by Gasteiger charge is 2.24. The Morgan fingerprint density at radius 3 is 2.50 bits per heavy atom. The zero-order chi connectivity index (χ0) is 20.1. The van der Waals surface area contributed by atoms with Crippen molar-refractivity contribution in [1.29, 1.82) is 0 Å². The fraction of sp³-hybridized carbons (Fsp3) is 0.381. The van der Waals surface area contributed by atoms with Crippen molar-refractivity contribution in [1.82, 2.24) is 15.2 Å². The fourth-order valence-electron chi connectivity index (χ4n) is 3.13. The lowest BCUT2D eigenvalue weighted by molar-refractivity contribution is 0.0746. The summed E-state index contributed by atoms with van der Waals surface area (Å²) in [5.41, 5.74) is 1.31. The molecule has 0 aliphatic carbocycles. The maximum absolute atomic E-state index is 14.0. The number of amides is 2. The number of piperazine rings is 1. The zero-order valence-corrected chi connectivity index (χ0v) is 16.2. The molecule has 1 saturated heterocycles. The lowest BCUT2D eigenvalue weighted by Crippen LogP contribution is -2.49. The molecule has 1 aromatic heterocycles. The summed E-state index contributed by atoms with van der Waals surface area (Å²) >= 11 is 0. The first kappa shape index (κ1) is 19.8. The molecule has 28 heavy (non-hydrogen) atoms. The molecule has 0 radical (unpaired) electrons. The monoisotopic (exact) mass is 384 g/mol. The Morgan fingerprint density at radius 2 is 1.82 bits per heavy atom. The second-order valence-electron chi connectivity index (χ2n) is 6.98. The standard InChI is InChI=1S/C21H25FN4O2/c1-3-15(2)24-20(27)16-12-17(14-23-13-16)21(28)26-10-8-25(9-11-26)19-7-5-4-6-18(19)22/h4-7,12-15H,3,8-11H2,1-2H3,(H,24,27). The molecule has 2 heterocycles. The van der Waals surface area contributed by atoms with Crippen molar-refractivity contribution in [2.45, 2.75) is 26.3 Å². The Labute approximate surface area is 164 Å². The highest BCUT2D eigenvalue weighted by molar-refractivity contribution is 5.99. The molecule has 1 N–H and O–H groups in total. The number of aromatic nitrogens is 1. The summed E-state index contributed by atoms with van der Waals surface area (Å²) in [4.78, 5) is 32.8. The molecule has 1 aromatic carbocycles. The fourth-order valence-corrected chi connectivity index (χ4v) is 3.13. The number of nitrogens with one attached hydrogen (secondary N) is 1. The van der Waals surface area contributed by atoms with Gasteiger partial charge < -0.3 is 15.1 Å². The van der Waals surface area contributed by atoms with Gasteiger partial charge in [-0.3, -0.25) is 14.6 Å². The Hall–Kier alpha value is -2.96. The van der Waals surface area contributed by atoms with E-state index in [2.05, 4.69) is 10.3 Å². The number of pyridine rings is 1. The van der Waals surface area contributed by atoms with E-state index in [1.807, 2.05) is 18.7 Å². The summed E-state index contributed by atoms with van der Waals surface area (Å²) in [7, 11) is 0. The molecule has 6 nitrogen and oxygen atoms in total. The highest BCUT2D eigenvalue weighted by atomic mass is 19.1. The highest BCUT2D eigenvalue weighted by Crippen LogP contribution is 2.20. The van der Waals surface area contributed by atoms with Gasteiger partial charge in [0, 0.05) is 44.6 Å². The maximum atomic E-state index is 14.0. The largest absolute Gasteiger partial charge is 0.366 e. The third-order valence-corrected chi connectivity index (χ3v) is 5.00. The van der Waals surface area contributed by atoms with E-state index < -0.39 is 0 Å². The van der Waals surface area contributed by atoms with Crippen LogP contribution in [-0.2, 0) is 0 Å². The first-order valence-electron chi connectivity index (χ1n) is 9.54. The predicted octanol–water partition coefficient (Wildman–Crippen LogP) is 2.71. The van der Waals surface area contributed by atoms with E-state index in [0.29, 0.717) is 43.0 Å². The van der Waals surface area contributed by atoms with Gasteiger partial charge in [-0.05, 0) is 31.5 Å². The minimum absolute atomic E-state index is 0.0540. The molecule has 148 valence electrons. The molecule has 7 heteroatoms. The van der Waals surface area contributed by atoms with Gasteiger partial charge in [0.15, 0.2) is 0 Å². The van der Waals surface area contributed by atoms with Crippen LogP contribution in [0.15, 0.2) is 42.7 Å². The summed E-state index contributed by atoms with van der Waals surface area (Å²) in [6, 6.07) is 8.28. The first-order chi connectivity index (χ1) is 13.5. The number of benzene rings is 1. The molecule has 0 spiro atoms. The summed E-state index contributed by atoms with van der Waals surface area (Å²) in [5.74, 6) is -0.661. The SMILES string of the molecule is CCC(C)NC(=O)c1cncc(C(=O)N2CCN(c3ccccc3F)CC2)c1. The summed E-state index contributed by atoms with van der Waals surface area (Å²) in [5, 5.41) is 2.87. The number of hydrogen-bond acceptors (Lipinski definition) is 4. The molecule has 1 unspecified atom stereocenters. The van der Waals surface area contributed by atoms with Gasteiger partial charge >= 0.3 is 0 Å². The Balaban J connectivity index is 1.65. The van der Waals surface area contributed by atoms with Gasteiger partial charge in [-0.1, -0.05) is 19.1 Å². The van der Waals surface area contributed by atoms with Crippen LogP contribution in [0.3, 0.4) is 0 Å². The van der Waals surface area contributed by atoms with Gasteiger partial charge in [-0.15, -0.1) is 0 Å². The van der Waals surface area contributed by atoms with E-state index in [-0.39, 0.29) is 23.7 Å². The van der Waals surface area contributed by atoms with Gasteiger partial charge in [-0.25, -0.2) is 4.39 Å². The maximum Gasteiger partial charge on any atom is 0.255 e. The number of halogens is 1. The van der Waals surface area contributed by atoms with Crippen molar-refractivity contribution in [3.8, 4) is 0 Å². The molecular formula is C21H25FN4O2. The number of carbonyl (C=O) groups excluding carboxylic acids is 2. The zero-order valence-electron chi connectivity index (χ0n) is 16.2. The normalized spacial score (nSPS) is 15.2. The van der Waals surface area contributed by atoms with Crippen LogP contribution in [0.2, 0.25) is 0 Å². The Kier molecular flexibility index (Phi) is 6.23. The average Bonchev–Trinajstić information content (AvgIpc) is 2.73. The van der Waals surface area contributed by atoms with Crippen LogP contribution < -0.4 is 10.2 Å². The second-order valence-corrected chi connectivity index (χ2v) is 6.98. The summed E-state index contributed by atoms with van der Waals surface area (Å²) in [6.07, 6.45) is 3.76. The first-order valence-corrected chi connectivity index (χ1v) is 9.54. The van der Waals surface area contributed by atoms with Crippen LogP contribution in [0.1, 0.15) is 41.0 Å². The number of hydrogen-bond donors (Lipinski definition) is 1. The van der Waals surface area contributed by atoms with Crippen LogP contribution >= 0.6 is 0 Å². The molecule has 1 atom stereocenters. The van der Waals surface area contributed by atoms with Crippen molar-refractivity contribution in [3.05, 3.63) is 59.7 Å². The number of anilines is 1. The van der Waals surface area contributed by atoms with Crippen molar-refractivity contribution in [2.24, 2.45) is 0 Å². The second kappa shape index (κ2) is 8.82. The molecular weight excluding hydrogens is 359 g/mol. The van der Waals surface area contributed by atoms with Crippen molar-refractivity contribution < 1.29 is 14.0 Å². The molecule has 1 aliphatic heterocycles. The number of carbonyl (C=O) groups is 2. The lowest BCUT2D eigenvalue weighted by atomic mass is 10.1. The molecule has 2 aromatic rings. The minimum atomic E-state index is -0.258. The number of rotatable bonds is 5. The van der Waals surface area contributed by atoms with Crippen molar-refractivity contribution >= 4 is 17.5 Å². The van der Waals surface area contributed by atoms with Crippen LogP contribution in [0.4, 0.5) is 10.1 Å². The van der Waals surface area contributed by atoms with Gasteiger partial charge in [0.2, 0.25) is 0 Å². The predicted molar refractivity (Wildman–Crippen MR) is 106 cm³/mol. The molecule has 0 bridgehead atoms. The smallest absolute Gasteiger partial charge is 0.255 e. The number of nitrogens with zero attached hydrogens (tertiary/aromatic N) is 3. The van der Waals surface area contributed by atoms with Crippen LogP contribution in [0.5, 0.6) is 0 Å². The van der Waals surface area contributed by atoms with E-state index in [0.717, 1.165) is 6.42 Å². The van der Waals surface area contributed by atoms with E-state index in [9.17, 15) is 14.0 Å². The van der Waals surface area contributed by atoms with E-state index >= 15 is 0 Å². The number of para-hydroxylation sites is 1. The van der Waals surface area contributed by atoms with Crippen LogP contribution in [-0.4, -0.2) is 53.9 Å². The molecule has 0 saturated carbocycles.